The summed E-state index contributed by atoms with van der Waals surface area (Å²) in [6.07, 6.45) is 1.78. The molecule has 7 heavy (non-hydrogen) atoms. The standard InChI is InChI=1S/C5H9ClO/c1-5(4-7)2-3-6/h2,7H,3-4H2,1H3/b5-2+. The van der Waals surface area contributed by atoms with Crippen LogP contribution in [0.2, 0.25) is 0 Å². The number of hydrogen-bond donors (Lipinski definition) is 1. The Hall–Kier alpha value is -0.0100. The zero-order valence-electron chi connectivity index (χ0n) is 4.32. The highest BCUT2D eigenvalue weighted by Crippen LogP contribution is 1.89. The topological polar surface area (TPSA) is 20.2 Å². The van der Waals surface area contributed by atoms with Gasteiger partial charge in [-0.05, 0) is 6.92 Å². The molecule has 0 unspecified atom stereocenters. The van der Waals surface area contributed by atoms with Crippen molar-refractivity contribution in [2.45, 2.75) is 6.92 Å². The van der Waals surface area contributed by atoms with Crippen molar-refractivity contribution in [3.63, 3.8) is 0 Å². The number of hydrogen-bond acceptors (Lipinski definition) is 1. The first-order valence-corrected chi connectivity index (χ1v) is 2.67. The van der Waals surface area contributed by atoms with Gasteiger partial charge in [0.1, 0.15) is 0 Å². The van der Waals surface area contributed by atoms with Crippen LogP contribution in [0.5, 0.6) is 0 Å². The van der Waals surface area contributed by atoms with Crippen LogP contribution in [-0.2, 0) is 0 Å². The van der Waals surface area contributed by atoms with Crippen LogP contribution < -0.4 is 0 Å². The molecular weight excluding hydrogens is 112 g/mol. The van der Waals surface area contributed by atoms with E-state index in [1.165, 1.54) is 0 Å². The minimum atomic E-state index is 0.118. The van der Waals surface area contributed by atoms with Crippen LogP contribution >= 0.6 is 11.6 Å². The molecule has 0 atom stereocenters. The lowest BCUT2D eigenvalue weighted by Gasteiger charge is -1.87. The molecule has 1 N–H and O–H groups in total. The highest BCUT2D eigenvalue weighted by Gasteiger charge is 1.78. The van der Waals surface area contributed by atoms with Crippen LogP contribution in [0.3, 0.4) is 0 Å². The Kier molecular flexibility index (Phi) is 4.15. The van der Waals surface area contributed by atoms with E-state index in [1.54, 1.807) is 6.08 Å². The number of aliphatic hydroxyl groups is 1. The monoisotopic (exact) mass is 120 g/mol. The molecule has 0 saturated heterocycles. The van der Waals surface area contributed by atoms with Crippen LogP contribution in [0.1, 0.15) is 6.92 Å². The molecule has 0 spiro atoms. The normalized spacial score (nSPS) is 12.1. The molecule has 0 aromatic heterocycles. The highest BCUT2D eigenvalue weighted by atomic mass is 35.5. The Morgan fingerprint density at radius 1 is 1.86 bits per heavy atom. The molecule has 0 aliphatic heterocycles. The third-order valence-corrected chi connectivity index (χ3v) is 0.829. The fourth-order valence-electron chi connectivity index (χ4n) is 0.196. The predicted octanol–water partition coefficient (Wildman–Crippen LogP) is 1.16. The van der Waals surface area contributed by atoms with Crippen molar-refractivity contribution in [2.75, 3.05) is 12.5 Å². The summed E-state index contributed by atoms with van der Waals surface area (Å²) < 4.78 is 0. The maximum atomic E-state index is 8.34. The van der Waals surface area contributed by atoms with E-state index >= 15 is 0 Å². The molecule has 0 radical (unpaired) electrons. The van der Waals surface area contributed by atoms with E-state index in [0.29, 0.717) is 5.88 Å². The fraction of sp³-hybridized carbons (Fsp3) is 0.600. The van der Waals surface area contributed by atoms with Gasteiger partial charge >= 0.3 is 0 Å². The van der Waals surface area contributed by atoms with Gasteiger partial charge in [-0.3, -0.25) is 0 Å². The minimum Gasteiger partial charge on any atom is -0.392 e. The molecule has 0 aromatic rings. The summed E-state index contributed by atoms with van der Waals surface area (Å²) in [5.41, 5.74) is 0.926. The Bertz CT molecular complexity index is 68.5. The second-order valence-electron chi connectivity index (χ2n) is 1.36. The average molecular weight is 121 g/mol. The summed E-state index contributed by atoms with van der Waals surface area (Å²) in [4.78, 5) is 0. The smallest absolute Gasteiger partial charge is 0.0639 e. The number of halogens is 1. The van der Waals surface area contributed by atoms with Crippen molar-refractivity contribution in [3.8, 4) is 0 Å². The van der Waals surface area contributed by atoms with E-state index in [9.17, 15) is 0 Å². The fourth-order valence-corrected chi connectivity index (χ4v) is 0.460. The van der Waals surface area contributed by atoms with Gasteiger partial charge < -0.3 is 5.11 Å². The average Bonchev–Trinajstić information content (AvgIpc) is 1.68. The number of aliphatic hydroxyl groups excluding tert-OH is 1. The molecule has 1 nitrogen and oxygen atoms in total. The van der Waals surface area contributed by atoms with E-state index in [1.807, 2.05) is 6.92 Å². The molecule has 0 fully saturated rings. The van der Waals surface area contributed by atoms with Crippen LogP contribution in [0, 0.1) is 0 Å². The summed E-state index contributed by atoms with van der Waals surface area (Å²) in [6.45, 7) is 1.95. The quantitative estimate of drug-likeness (QED) is 0.429. The zero-order valence-corrected chi connectivity index (χ0v) is 5.07. The van der Waals surface area contributed by atoms with Gasteiger partial charge in [-0.15, -0.1) is 11.6 Å². The molecule has 0 amide bonds. The summed E-state index contributed by atoms with van der Waals surface area (Å²) in [7, 11) is 0. The first-order valence-electron chi connectivity index (χ1n) is 2.13. The van der Waals surface area contributed by atoms with E-state index in [0.717, 1.165) is 5.57 Å². The molecular formula is C5H9ClO. The van der Waals surface area contributed by atoms with E-state index < -0.39 is 0 Å². The lowest BCUT2D eigenvalue weighted by atomic mass is 10.3. The van der Waals surface area contributed by atoms with Gasteiger partial charge in [-0.1, -0.05) is 11.6 Å². The molecule has 0 aliphatic carbocycles. The van der Waals surface area contributed by atoms with Crippen molar-refractivity contribution in [2.24, 2.45) is 0 Å². The van der Waals surface area contributed by atoms with E-state index in [2.05, 4.69) is 0 Å². The van der Waals surface area contributed by atoms with E-state index in [4.69, 9.17) is 16.7 Å². The van der Waals surface area contributed by atoms with Gasteiger partial charge in [-0.2, -0.15) is 0 Å². The van der Waals surface area contributed by atoms with Gasteiger partial charge in [0.15, 0.2) is 0 Å². The first kappa shape index (κ1) is 6.99. The number of allylic oxidation sites excluding steroid dienone is 1. The van der Waals surface area contributed by atoms with Crippen LogP contribution in [0.15, 0.2) is 11.6 Å². The number of rotatable bonds is 2. The molecule has 0 bridgehead atoms. The molecule has 42 valence electrons. The maximum Gasteiger partial charge on any atom is 0.0639 e. The third-order valence-electron chi connectivity index (χ3n) is 0.675. The lowest BCUT2D eigenvalue weighted by molar-refractivity contribution is 0.331. The van der Waals surface area contributed by atoms with Crippen LogP contribution in [0.4, 0.5) is 0 Å². The van der Waals surface area contributed by atoms with Crippen LogP contribution in [0.25, 0.3) is 0 Å². The highest BCUT2D eigenvalue weighted by molar-refractivity contribution is 6.18. The second-order valence-corrected chi connectivity index (χ2v) is 1.67. The van der Waals surface area contributed by atoms with Gasteiger partial charge in [0.2, 0.25) is 0 Å². The van der Waals surface area contributed by atoms with Gasteiger partial charge in [0, 0.05) is 5.88 Å². The summed E-state index contributed by atoms with van der Waals surface area (Å²) in [5, 5.41) is 8.34. The molecule has 0 rings (SSSR count). The van der Waals surface area contributed by atoms with Crippen LogP contribution in [-0.4, -0.2) is 17.6 Å². The summed E-state index contributed by atoms with van der Waals surface area (Å²) >= 11 is 5.29. The predicted molar refractivity (Wildman–Crippen MR) is 31.6 cm³/mol. The second kappa shape index (κ2) is 4.16. The van der Waals surface area contributed by atoms with Crippen molar-refractivity contribution in [1.82, 2.24) is 0 Å². The Balaban J connectivity index is 3.29. The van der Waals surface area contributed by atoms with Crippen molar-refractivity contribution in [1.29, 1.82) is 0 Å². The SMILES string of the molecule is C/C(=C\CCl)CO. The van der Waals surface area contributed by atoms with Crippen molar-refractivity contribution >= 4 is 11.6 Å². The Morgan fingerprint density at radius 3 is 2.57 bits per heavy atom. The van der Waals surface area contributed by atoms with Gasteiger partial charge in [0.05, 0.1) is 6.61 Å². The zero-order chi connectivity index (χ0) is 5.70. The van der Waals surface area contributed by atoms with Crippen molar-refractivity contribution in [3.05, 3.63) is 11.6 Å². The largest absolute Gasteiger partial charge is 0.392 e. The first-order chi connectivity index (χ1) is 3.31. The Morgan fingerprint density at radius 2 is 2.43 bits per heavy atom. The maximum absolute atomic E-state index is 8.34. The third kappa shape index (κ3) is 3.83. The minimum absolute atomic E-state index is 0.118. The lowest BCUT2D eigenvalue weighted by Crippen LogP contribution is -1.82. The molecule has 0 saturated carbocycles. The van der Waals surface area contributed by atoms with E-state index in [-0.39, 0.29) is 6.61 Å². The summed E-state index contributed by atoms with van der Waals surface area (Å²) in [6, 6.07) is 0. The number of alkyl halides is 1. The molecule has 0 aromatic carbocycles. The molecule has 0 aliphatic rings. The van der Waals surface area contributed by atoms with Gasteiger partial charge in [-0.25, -0.2) is 0 Å². The van der Waals surface area contributed by atoms with Gasteiger partial charge in [0.25, 0.3) is 0 Å². The van der Waals surface area contributed by atoms with Crippen molar-refractivity contribution < 1.29 is 5.11 Å². The Labute approximate surface area is 48.6 Å². The molecule has 0 heterocycles. The summed E-state index contributed by atoms with van der Waals surface area (Å²) in [5.74, 6) is 0.492. The molecule has 2 heteroatoms.